The van der Waals surface area contributed by atoms with Crippen molar-refractivity contribution in [2.75, 3.05) is 6.61 Å². The minimum absolute atomic E-state index is 0.0962. The highest BCUT2D eigenvalue weighted by Gasteiger charge is 2.39. The van der Waals surface area contributed by atoms with Crippen molar-refractivity contribution in [1.82, 2.24) is 0 Å². The number of carbonyl (C=O) groups is 2. The third-order valence-electron chi connectivity index (χ3n) is 3.43. The number of ether oxygens (including phenoxy) is 1. The van der Waals surface area contributed by atoms with Crippen LogP contribution in [0.3, 0.4) is 0 Å². The van der Waals surface area contributed by atoms with Crippen molar-refractivity contribution in [1.29, 1.82) is 0 Å². The zero-order valence-corrected chi connectivity index (χ0v) is 10.4. The van der Waals surface area contributed by atoms with E-state index in [0.717, 1.165) is 5.56 Å². The van der Waals surface area contributed by atoms with E-state index in [1.54, 1.807) is 12.1 Å². The lowest BCUT2D eigenvalue weighted by molar-refractivity contribution is -0.112. The summed E-state index contributed by atoms with van der Waals surface area (Å²) >= 11 is 0. The summed E-state index contributed by atoms with van der Waals surface area (Å²) < 4.78 is 5.75. The minimum atomic E-state index is -0.411. The molecule has 1 heterocycles. The van der Waals surface area contributed by atoms with E-state index in [0.29, 0.717) is 29.9 Å². The Labute approximate surface area is 105 Å². The Bertz CT molecular complexity index is 594. The van der Waals surface area contributed by atoms with E-state index in [-0.39, 0.29) is 5.41 Å². The number of allylic oxidation sites excluding steroid dienone is 1. The van der Waals surface area contributed by atoms with Crippen LogP contribution >= 0.6 is 0 Å². The molecule has 0 N–H and O–H groups in total. The molecular weight excluding hydrogens is 228 g/mol. The molecule has 3 rings (SSSR count). The topological polar surface area (TPSA) is 43.4 Å². The Morgan fingerprint density at radius 2 is 1.72 bits per heavy atom. The number of benzene rings is 1. The zero-order valence-electron chi connectivity index (χ0n) is 10.4. The fourth-order valence-corrected chi connectivity index (χ4v) is 2.53. The quantitative estimate of drug-likeness (QED) is 0.657. The van der Waals surface area contributed by atoms with Crippen molar-refractivity contribution in [3.8, 4) is 0 Å². The molecule has 0 bridgehead atoms. The van der Waals surface area contributed by atoms with E-state index in [2.05, 4.69) is 0 Å². The first-order valence-corrected chi connectivity index (χ1v) is 6.04. The van der Waals surface area contributed by atoms with Gasteiger partial charge in [-0.05, 0) is 6.42 Å². The second kappa shape index (κ2) is 3.55. The third kappa shape index (κ3) is 1.50. The van der Waals surface area contributed by atoms with Gasteiger partial charge in [0.2, 0.25) is 11.6 Å². The van der Waals surface area contributed by atoms with Crippen LogP contribution in [0.5, 0.6) is 0 Å². The van der Waals surface area contributed by atoms with E-state index in [1.165, 1.54) is 0 Å². The summed E-state index contributed by atoms with van der Waals surface area (Å²) in [6.07, 6.45) is 0.598. The maximum Gasteiger partial charge on any atom is 0.234 e. The minimum Gasteiger partial charge on any atom is -0.492 e. The van der Waals surface area contributed by atoms with Gasteiger partial charge < -0.3 is 4.74 Å². The average Bonchev–Trinajstić information content (AvgIpc) is 2.35. The summed E-state index contributed by atoms with van der Waals surface area (Å²) in [6.45, 7) is 4.64. The van der Waals surface area contributed by atoms with E-state index in [4.69, 9.17) is 4.74 Å². The van der Waals surface area contributed by atoms with Gasteiger partial charge in [0.05, 0.1) is 6.61 Å². The molecule has 0 saturated carbocycles. The Hall–Kier alpha value is -1.90. The maximum atomic E-state index is 12.1. The summed E-state index contributed by atoms with van der Waals surface area (Å²) in [5.74, 6) is -0.211. The number of rotatable bonds is 0. The summed E-state index contributed by atoms with van der Waals surface area (Å²) in [5.41, 5.74) is 1.66. The number of hydrogen-bond acceptors (Lipinski definition) is 3. The van der Waals surface area contributed by atoms with Gasteiger partial charge in [-0.2, -0.15) is 0 Å². The van der Waals surface area contributed by atoms with Crippen LogP contribution in [-0.2, 0) is 9.53 Å². The third-order valence-corrected chi connectivity index (χ3v) is 3.43. The molecule has 1 aliphatic heterocycles. The van der Waals surface area contributed by atoms with Gasteiger partial charge in [0, 0.05) is 22.1 Å². The van der Waals surface area contributed by atoms with Gasteiger partial charge in [0.15, 0.2) is 0 Å². The summed E-state index contributed by atoms with van der Waals surface area (Å²) in [7, 11) is 0. The second-order valence-corrected chi connectivity index (χ2v) is 5.64. The molecule has 3 heteroatoms. The van der Waals surface area contributed by atoms with E-state index in [9.17, 15) is 9.59 Å². The van der Waals surface area contributed by atoms with Crippen LogP contribution in [0, 0.1) is 5.41 Å². The van der Waals surface area contributed by atoms with Crippen LogP contribution in [0.1, 0.15) is 36.2 Å². The number of ketones is 2. The molecule has 0 atom stereocenters. The zero-order chi connectivity index (χ0) is 12.9. The molecule has 18 heavy (non-hydrogen) atoms. The van der Waals surface area contributed by atoms with E-state index in [1.807, 2.05) is 26.0 Å². The molecule has 0 saturated heterocycles. The van der Waals surface area contributed by atoms with Crippen molar-refractivity contribution in [3.63, 3.8) is 0 Å². The number of Topliss-reactive ketones (excluding diaryl/α,β-unsaturated/α-hetero) is 2. The predicted octanol–water partition coefficient (Wildman–Crippen LogP) is 2.61. The van der Waals surface area contributed by atoms with Gasteiger partial charge in [-0.25, -0.2) is 0 Å². The lowest BCUT2D eigenvalue weighted by Crippen LogP contribution is -2.33. The largest absolute Gasteiger partial charge is 0.492 e. The first-order valence-electron chi connectivity index (χ1n) is 6.04. The highest BCUT2D eigenvalue weighted by molar-refractivity contribution is 6.52. The Morgan fingerprint density at radius 1 is 1.06 bits per heavy atom. The molecule has 0 fully saturated rings. The predicted molar refractivity (Wildman–Crippen MR) is 67.0 cm³/mol. The average molecular weight is 242 g/mol. The lowest BCUT2D eigenvalue weighted by atomic mass is 9.77. The van der Waals surface area contributed by atoms with Gasteiger partial charge in [0.1, 0.15) is 5.76 Å². The molecule has 92 valence electrons. The lowest BCUT2D eigenvalue weighted by Gasteiger charge is -2.34. The van der Waals surface area contributed by atoms with Gasteiger partial charge in [-0.3, -0.25) is 9.59 Å². The molecule has 0 amide bonds. The molecule has 0 unspecified atom stereocenters. The van der Waals surface area contributed by atoms with Crippen molar-refractivity contribution in [2.45, 2.75) is 20.3 Å². The van der Waals surface area contributed by atoms with Gasteiger partial charge in [0.25, 0.3) is 0 Å². The number of hydrogen-bond donors (Lipinski definition) is 0. The van der Waals surface area contributed by atoms with Crippen LogP contribution < -0.4 is 0 Å². The fraction of sp³-hybridized carbons (Fsp3) is 0.333. The van der Waals surface area contributed by atoms with Gasteiger partial charge >= 0.3 is 0 Å². The van der Waals surface area contributed by atoms with Crippen molar-refractivity contribution < 1.29 is 14.3 Å². The Balaban J connectivity index is 2.22. The van der Waals surface area contributed by atoms with E-state index < -0.39 is 11.6 Å². The van der Waals surface area contributed by atoms with Crippen molar-refractivity contribution >= 4 is 17.3 Å². The summed E-state index contributed by atoms with van der Waals surface area (Å²) in [6, 6.07) is 7.15. The summed E-state index contributed by atoms with van der Waals surface area (Å²) in [4.78, 5) is 24.2. The standard InChI is InChI=1S/C15H14O3/c1-15(2)7-11-13(17)12(16)9-5-3-4-6-10(9)14(11)18-8-15/h3-6H,7-8H2,1-2H3. The molecule has 2 aliphatic rings. The number of fused-ring (bicyclic) bond motifs is 2. The SMILES string of the molecule is CC1(C)COC2=C(C1)C(=O)C(=O)c1ccccc12. The van der Waals surface area contributed by atoms with Crippen LogP contribution in [0.2, 0.25) is 0 Å². The molecule has 0 spiro atoms. The van der Waals surface area contributed by atoms with Crippen LogP contribution in [0.4, 0.5) is 0 Å². The van der Waals surface area contributed by atoms with Crippen molar-refractivity contribution in [2.24, 2.45) is 5.41 Å². The second-order valence-electron chi connectivity index (χ2n) is 5.64. The van der Waals surface area contributed by atoms with E-state index >= 15 is 0 Å². The summed E-state index contributed by atoms with van der Waals surface area (Å²) in [5, 5.41) is 0. The smallest absolute Gasteiger partial charge is 0.234 e. The van der Waals surface area contributed by atoms with Crippen LogP contribution in [-0.4, -0.2) is 18.2 Å². The highest BCUT2D eigenvalue weighted by Crippen LogP contribution is 2.41. The van der Waals surface area contributed by atoms with Crippen LogP contribution in [0.15, 0.2) is 29.8 Å². The number of carbonyl (C=O) groups excluding carboxylic acids is 2. The molecule has 1 aromatic rings. The van der Waals surface area contributed by atoms with Crippen LogP contribution in [0.25, 0.3) is 5.76 Å². The normalized spacial score (nSPS) is 21.2. The molecule has 1 aliphatic carbocycles. The molecule has 0 aromatic heterocycles. The Kier molecular flexibility index (Phi) is 2.21. The molecule has 1 aromatic carbocycles. The fourth-order valence-electron chi connectivity index (χ4n) is 2.53. The monoisotopic (exact) mass is 242 g/mol. The Morgan fingerprint density at radius 3 is 2.44 bits per heavy atom. The molecule has 0 radical (unpaired) electrons. The maximum absolute atomic E-state index is 12.1. The van der Waals surface area contributed by atoms with Crippen molar-refractivity contribution in [3.05, 3.63) is 41.0 Å². The first kappa shape index (κ1) is 11.2. The van der Waals surface area contributed by atoms with Gasteiger partial charge in [-0.1, -0.05) is 38.1 Å². The van der Waals surface area contributed by atoms with Gasteiger partial charge in [-0.15, -0.1) is 0 Å². The molecular formula is C15H14O3. The highest BCUT2D eigenvalue weighted by atomic mass is 16.5. The first-order chi connectivity index (χ1) is 8.49. The molecule has 3 nitrogen and oxygen atoms in total.